The van der Waals surface area contributed by atoms with Gasteiger partial charge in [-0.05, 0) is 0 Å². The van der Waals surface area contributed by atoms with Gasteiger partial charge < -0.3 is 20.1 Å². The summed E-state index contributed by atoms with van der Waals surface area (Å²) in [4.78, 5) is 25.9. The number of aromatic amines is 1. The number of aliphatic hydroxyl groups is 1. The van der Waals surface area contributed by atoms with Crippen LogP contribution >= 0.6 is 0 Å². The fourth-order valence-corrected chi connectivity index (χ4v) is 1.86. The predicted molar refractivity (Wildman–Crippen MR) is 64.4 cm³/mol. The van der Waals surface area contributed by atoms with E-state index in [-0.39, 0.29) is 17.5 Å². The van der Waals surface area contributed by atoms with E-state index >= 15 is 0 Å². The summed E-state index contributed by atoms with van der Waals surface area (Å²) in [6.45, 7) is 1.10. The molecule has 98 valence electrons. The molecule has 0 aliphatic carbocycles. The summed E-state index contributed by atoms with van der Waals surface area (Å²) in [5.41, 5.74) is -1.23. The molecule has 1 amide bonds. The molecule has 6 nitrogen and oxygen atoms in total. The van der Waals surface area contributed by atoms with E-state index in [2.05, 4.69) is 10.3 Å². The SMILES string of the molecule is O=C(NCC1(O)CCOCC1)c1c[nH]ccc1=O. The van der Waals surface area contributed by atoms with Gasteiger partial charge in [-0.15, -0.1) is 0 Å². The molecule has 1 fully saturated rings. The number of aromatic nitrogens is 1. The minimum Gasteiger partial charge on any atom is -0.388 e. The second-order valence-electron chi connectivity index (χ2n) is 4.44. The van der Waals surface area contributed by atoms with E-state index in [1.807, 2.05) is 0 Å². The van der Waals surface area contributed by atoms with Crippen molar-refractivity contribution in [1.29, 1.82) is 0 Å². The largest absolute Gasteiger partial charge is 0.388 e. The van der Waals surface area contributed by atoms with E-state index in [9.17, 15) is 14.7 Å². The molecule has 1 aliphatic heterocycles. The number of hydrogen-bond donors (Lipinski definition) is 3. The van der Waals surface area contributed by atoms with Crippen LogP contribution in [-0.4, -0.2) is 41.4 Å². The summed E-state index contributed by atoms with van der Waals surface area (Å²) >= 11 is 0. The van der Waals surface area contributed by atoms with Crippen molar-refractivity contribution in [3.63, 3.8) is 0 Å². The molecule has 0 unspecified atom stereocenters. The lowest BCUT2D eigenvalue weighted by Crippen LogP contribution is -2.47. The standard InChI is InChI=1S/C12H16N2O4/c15-10-1-4-13-7-9(10)11(16)14-8-12(17)2-5-18-6-3-12/h1,4,7,17H,2-3,5-6,8H2,(H,13,15)(H,14,16). The van der Waals surface area contributed by atoms with Crippen LogP contribution in [0.2, 0.25) is 0 Å². The fraction of sp³-hybridized carbons (Fsp3) is 0.500. The quantitative estimate of drug-likeness (QED) is 0.685. The van der Waals surface area contributed by atoms with Crippen LogP contribution < -0.4 is 10.7 Å². The van der Waals surface area contributed by atoms with Gasteiger partial charge in [-0.2, -0.15) is 0 Å². The molecule has 0 aromatic carbocycles. The summed E-state index contributed by atoms with van der Waals surface area (Å²) in [6, 6.07) is 1.29. The number of carbonyl (C=O) groups is 1. The summed E-state index contributed by atoms with van der Waals surface area (Å²) in [5, 5.41) is 12.7. The first-order chi connectivity index (χ1) is 8.61. The van der Waals surface area contributed by atoms with Crippen molar-refractivity contribution in [3.05, 3.63) is 34.2 Å². The molecule has 0 bridgehead atoms. The van der Waals surface area contributed by atoms with Crippen LogP contribution in [-0.2, 0) is 4.74 Å². The monoisotopic (exact) mass is 252 g/mol. The maximum Gasteiger partial charge on any atom is 0.256 e. The Morgan fingerprint density at radius 3 is 2.89 bits per heavy atom. The molecule has 18 heavy (non-hydrogen) atoms. The second kappa shape index (κ2) is 5.32. The van der Waals surface area contributed by atoms with Crippen molar-refractivity contribution in [1.82, 2.24) is 10.3 Å². The van der Waals surface area contributed by atoms with Crippen molar-refractivity contribution < 1.29 is 14.6 Å². The lowest BCUT2D eigenvalue weighted by atomic mass is 9.94. The van der Waals surface area contributed by atoms with Gasteiger partial charge in [-0.3, -0.25) is 9.59 Å². The Bertz CT molecular complexity index is 477. The molecule has 0 spiro atoms. The highest BCUT2D eigenvalue weighted by Gasteiger charge is 2.30. The highest BCUT2D eigenvalue weighted by atomic mass is 16.5. The van der Waals surface area contributed by atoms with Gasteiger partial charge in [-0.1, -0.05) is 0 Å². The van der Waals surface area contributed by atoms with Gasteiger partial charge in [0, 0.05) is 51.1 Å². The number of H-pyrrole nitrogens is 1. The third-order valence-electron chi connectivity index (χ3n) is 3.07. The van der Waals surface area contributed by atoms with Crippen LogP contribution in [0.25, 0.3) is 0 Å². The molecule has 0 atom stereocenters. The van der Waals surface area contributed by atoms with E-state index in [1.54, 1.807) is 0 Å². The molecule has 0 saturated carbocycles. The van der Waals surface area contributed by atoms with Gasteiger partial charge in [0.05, 0.1) is 5.60 Å². The zero-order valence-corrected chi connectivity index (χ0v) is 9.94. The molecule has 1 aromatic rings. The molecular formula is C12H16N2O4. The predicted octanol–water partition coefficient (Wildman–Crippen LogP) is -0.354. The Labute approximate surface area is 104 Å². The van der Waals surface area contributed by atoms with Gasteiger partial charge in [0.1, 0.15) is 5.56 Å². The van der Waals surface area contributed by atoms with E-state index < -0.39 is 11.5 Å². The van der Waals surface area contributed by atoms with Crippen molar-refractivity contribution >= 4 is 5.91 Å². The van der Waals surface area contributed by atoms with E-state index in [4.69, 9.17) is 4.74 Å². The first-order valence-corrected chi connectivity index (χ1v) is 5.86. The average Bonchev–Trinajstić information content (AvgIpc) is 2.38. The first-order valence-electron chi connectivity index (χ1n) is 5.86. The number of nitrogens with one attached hydrogen (secondary N) is 2. The van der Waals surface area contributed by atoms with Crippen LogP contribution in [0.4, 0.5) is 0 Å². The van der Waals surface area contributed by atoms with Crippen molar-refractivity contribution in [2.75, 3.05) is 19.8 Å². The van der Waals surface area contributed by atoms with Gasteiger partial charge >= 0.3 is 0 Å². The van der Waals surface area contributed by atoms with Crippen LogP contribution in [0.3, 0.4) is 0 Å². The number of pyridine rings is 1. The van der Waals surface area contributed by atoms with Crippen molar-refractivity contribution in [2.24, 2.45) is 0 Å². The average molecular weight is 252 g/mol. The Balaban J connectivity index is 1.96. The maximum atomic E-state index is 11.8. The third-order valence-corrected chi connectivity index (χ3v) is 3.07. The minimum absolute atomic E-state index is 0.0492. The van der Waals surface area contributed by atoms with Crippen molar-refractivity contribution in [2.45, 2.75) is 18.4 Å². The maximum absolute atomic E-state index is 11.8. The van der Waals surface area contributed by atoms with Crippen LogP contribution in [0, 0.1) is 0 Å². The zero-order valence-electron chi connectivity index (χ0n) is 9.94. The second-order valence-corrected chi connectivity index (χ2v) is 4.44. The first kappa shape index (κ1) is 12.8. The lowest BCUT2D eigenvalue weighted by molar-refractivity contribution is -0.0605. The van der Waals surface area contributed by atoms with E-state index in [0.29, 0.717) is 26.1 Å². The molecule has 0 radical (unpaired) electrons. The van der Waals surface area contributed by atoms with Crippen LogP contribution in [0.5, 0.6) is 0 Å². The molecule has 2 heterocycles. The topological polar surface area (TPSA) is 91.4 Å². The molecule has 2 rings (SSSR count). The number of rotatable bonds is 3. The van der Waals surface area contributed by atoms with E-state index in [0.717, 1.165) is 0 Å². The van der Waals surface area contributed by atoms with Crippen LogP contribution in [0.15, 0.2) is 23.3 Å². The highest BCUT2D eigenvalue weighted by molar-refractivity contribution is 5.93. The molecule has 3 N–H and O–H groups in total. The minimum atomic E-state index is -0.935. The van der Waals surface area contributed by atoms with Gasteiger partial charge in [-0.25, -0.2) is 0 Å². The molecular weight excluding hydrogens is 236 g/mol. The molecule has 1 aromatic heterocycles. The van der Waals surface area contributed by atoms with Crippen LogP contribution in [0.1, 0.15) is 23.2 Å². The van der Waals surface area contributed by atoms with Gasteiger partial charge in [0.15, 0.2) is 5.43 Å². The lowest BCUT2D eigenvalue weighted by Gasteiger charge is -2.31. The summed E-state index contributed by atoms with van der Waals surface area (Å²) < 4.78 is 5.15. The third kappa shape index (κ3) is 2.96. The number of ether oxygens (including phenoxy) is 1. The Kier molecular flexibility index (Phi) is 3.78. The Hall–Kier alpha value is -1.66. The number of carbonyl (C=O) groups excluding carboxylic acids is 1. The van der Waals surface area contributed by atoms with Gasteiger partial charge in [0.2, 0.25) is 0 Å². The molecule has 6 heteroatoms. The zero-order chi connectivity index (χ0) is 13.0. The Morgan fingerprint density at radius 1 is 1.50 bits per heavy atom. The molecule has 1 saturated heterocycles. The summed E-state index contributed by atoms with van der Waals surface area (Å²) in [6.07, 6.45) is 3.79. The normalized spacial score (nSPS) is 18.3. The Morgan fingerprint density at radius 2 is 2.22 bits per heavy atom. The summed E-state index contributed by atoms with van der Waals surface area (Å²) in [5.74, 6) is -0.475. The van der Waals surface area contributed by atoms with E-state index in [1.165, 1.54) is 18.5 Å². The molecule has 1 aliphatic rings. The fourth-order valence-electron chi connectivity index (χ4n) is 1.86. The number of amides is 1. The highest BCUT2D eigenvalue weighted by Crippen LogP contribution is 2.19. The summed E-state index contributed by atoms with van der Waals surface area (Å²) in [7, 11) is 0. The van der Waals surface area contributed by atoms with Crippen molar-refractivity contribution in [3.8, 4) is 0 Å². The van der Waals surface area contributed by atoms with Gasteiger partial charge in [0.25, 0.3) is 5.91 Å². The number of hydrogen-bond acceptors (Lipinski definition) is 4. The smallest absolute Gasteiger partial charge is 0.256 e.